The lowest BCUT2D eigenvalue weighted by Gasteiger charge is -2.12. The zero-order valence-corrected chi connectivity index (χ0v) is 9.42. The number of nitrogens with two attached hydrogens (primary N) is 1. The molecule has 2 aromatic rings. The lowest BCUT2D eigenvalue weighted by molar-refractivity contribution is 0.414. The summed E-state index contributed by atoms with van der Waals surface area (Å²) in [6, 6.07) is 7.51. The molecule has 4 heteroatoms. The number of aromatic nitrogens is 2. The Balaban J connectivity index is 2.27. The van der Waals surface area contributed by atoms with Gasteiger partial charge in [-0.1, -0.05) is 12.1 Å². The number of benzene rings is 1. The van der Waals surface area contributed by atoms with Gasteiger partial charge in [-0.05, 0) is 17.7 Å². The van der Waals surface area contributed by atoms with Gasteiger partial charge >= 0.3 is 0 Å². The normalized spacial score (nSPS) is 12.4. The molecule has 2 N–H and O–H groups in total. The van der Waals surface area contributed by atoms with Gasteiger partial charge in [-0.2, -0.15) is 0 Å². The topological polar surface area (TPSA) is 53.1 Å². The van der Waals surface area contributed by atoms with Gasteiger partial charge in [0.2, 0.25) is 0 Å². The van der Waals surface area contributed by atoms with E-state index in [2.05, 4.69) is 4.98 Å². The third-order valence-corrected chi connectivity index (χ3v) is 2.61. The summed E-state index contributed by atoms with van der Waals surface area (Å²) in [5.74, 6) is 1.68. The van der Waals surface area contributed by atoms with Crippen LogP contribution in [0.3, 0.4) is 0 Å². The minimum Gasteiger partial charge on any atom is -0.497 e. The lowest BCUT2D eigenvalue weighted by atomic mass is 10.1. The van der Waals surface area contributed by atoms with Crippen molar-refractivity contribution in [3.63, 3.8) is 0 Å². The molecule has 0 aliphatic rings. The van der Waals surface area contributed by atoms with Crippen LogP contribution in [0, 0.1) is 0 Å². The first kappa shape index (κ1) is 10.7. The highest BCUT2D eigenvalue weighted by Gasteiger charge is 2.12. The van der Waals surface area contributed by atoms with Gasteiger partial charge in [-0.25, -0.2) is 4.98 Å². The van der Waals surface area contributed by atoms with Crippen LogP contribution in [-0.2, 0) is 7.05 Å². The summed E-state index contributed by atoms with van der Waals surface area (Å²) in [5, 5.41) is 0. The van der Waals surface area contributed by atoms with Crippen LogP contribution in [0.15, 0.2) is 36.7 Å². The van der Waals surface area contributed by atoms with Crippen LogP contribution in [0.4, 0.5) is 0 Å². The first-order chi connectivity index (χ1) is 7.72. The highest BCUT2D eigenvalue weighted by Crippen LogP contribution is 2.20. The second-order valence-electron chi connectivity index (χ2n) is 3.65. The van der Waals surface area contributed by atoms with Crippen LogP contribution >= 0.6 is 0 Å². The van der Waals surface area contributed by atoms with E-state index < -0.39 is 0 Å². The summed E-state index contributed by atoms with van der Waals surface area (Å²) < 4.78 is 7.03. The highest BCUT2D eigenvalue weighted by atomic mass is 16.5. The molecule has 0 radical (unpaired) electrons. The molecule has 0 bridgehead atoms. The van der Waals surface area contributed by atoms with E-state index in [4.69, 9.17) is 10.5 Å². The maximum atomic E-state index is 6.13. The molecule has 0 aliphatic carbocycles. The molecule has 0 fully saturated rings. The quantitative estimate of drug-likeness (QED) is 0.847. The van der Waals surface area contributed by atoms with Crippen molar-refractivity contribution < 1.29 is 4.74 Å². The molecule has 84 valence electrons. The van der Waals surface area contributed by atoms with Gasteiger partial charge in [0.05, 0.1) is 13.2 Å². The van der Waals surface area contributed by atoms with Gasteiger partial charge in [0.15, 0.2) is 0 Å². The highest BCUT2D eigenvalue weighted by molar-refractivity contribution is 5.31. The van der Waals surface area contributed by atoms with E-state index in [9.17, 15) is 0 Å². The van der Waals surface area contributed by atoms with Gasteiger partial charge in [0, 0.05) is 19.4 Å². The Kier molecular flexibility index (Phi) is 2.92. The standard InChI is InChI=1S/C12H15N3O/c1-15-8-7-14-12(15)11(13)9-3-5-10(16-2)6-4-9/h3-8,11H,13H2,1-2H3. The number of rotatable bonds is 3. The SMILES string of the molecule is COc1ccc(C(N)c2nccn2C)cc1. The minimum atomic E-state index is -0.203. The Morgan fingerprint density at radius 3 is 2.50 bits per heavy atom. The molecule has 2 rings (SSSR count). The molecule has 1 aromatic carbocycles. The number of aryl methyl sites for hydroxylation is 1. The van der Waals surface area contributed by atoms with Crippen molar-refractivity contribution in [1.82, 2.24) is 9.55 Å². The monoisotopic (exact) mass is 217 g/mol. The zero-order valence-electron chi connectivity index (χ0n) is 9.42. The first-order valence-corrected chi connectivity index (χ1v) is 5.09. The molecule has 1 heterocycles. The molecule has 4 nitrogen and oxygen atoms in total. The van der Waals surface area contributed by atoms with Crippen molar-refractivity contribution in [2.24, 2.45) is 12.8 Å². The largest absolute Gasteiger partial charge is 0.497 e. The molecule has 0 aliphatic heterocycles. The second-order valence-corrected chi connectivity index (χ2v) is 3.65. The Bertz CT molecular complexity index is 461. The molecular formula is C12H15N3O. The minimum absolute atomic E-state index is 0.203. The van der Waals surface area contributed by atoms with E-state index >= 15 is 0 Å². The summed E-state index contributed by atoms with van der Waals surface area (Å²) >= 11 is 0. The van der Waals surface area contributed by atoms with Crippen LogP contribution < -0.4 is 10.5 Å². The van der Waals surface area contributed by atoms with Gasteiger partial charge in [0.1, 0.15) is 11.6 Å². The van der Waals surface area contributed by atoms with Crippen molar-refractivity contribution in [3.8, 4) is 5.75 Å². The Morgan fingerprint density at radius 2 is 2.00 bits per heavy atom. The van der Waals surface area contributed by atoms with E-state index in [-0.39, 0.29) is 6.04 Å². The Hall–Kier alpha value is -1.81. The van der Waals surface area contributed by atoms with Gasteiger partial charge in [-0.15, -0.1) is 0 Å². The van der Waals surface area contributed by atoms with Crippen LogP contribution in [0.5, 0.6) is 5.75 Å². The van der Waals surface area contributed by atoms with Crippen molar-refractivity contribution in [2.45, 2.75) is 6.04 Å². The van der Waals surface area contributed by atoms with Crippen molar-refractivity contribution in [2.75, 3.05) is 7.11 Å². The number of ether oxygens (including phenoxy) is 1. The van der Waals surface area contributed by atoms with E-state index in [0.29, 0.717) is 0 Å². The zero-order chi connectivity index (χ0) is 11.5. The van der Waals surface area contributed by atoms with Gasteiger partial charge < -0.3 is 15.0 Å². The fourth-order valence-corrected chi connectivity index (χ4v) is 1.64. The van der Waals surface area contributed by atoms with Crippen LogP contribution in [-0.4, -0.2) is 16.7 Å². The van der Waals surface area contributed by atoms with Crippen molar-refractivity contribution in [3.05, 3.63) is 48.0 Å². The van der Waals surface area contributed by atoms with E-state index in [1.54, 1.807) is 13.3 Å². The second kappa shape index (κ2) is 4.37. The number of nitrogens with zero attached hydrogens (tertiary/aromatic N) is 2. The summed E-state index contributed by atoms with van der Waals surface area (Å²) in [6.07, 6.45) is 3.64. The fraction of sp³-hybridized carbons (Fsp3) is 0.250. The fourth-order valence-electron chi connectivity index (χ4n) is 1.64. The maximum Gasteiger partial charge on any atom is 0.129 e. The molecule has 0 saturated heterocycles. The summed E-state index contributed by atoms with van der Waals surface area (Å²) in [5.41, 5.74) is 7.15. The Morgan fingerprint density at radius 1 is 1.31 bits per heavy atom. The average molecular weight is 217 g/mol. The van der Waals surface area contributed by atoms with Gasteiger partial charge in [-0.3, -0.25) is 0 Å². The first-order valence-electron chi connectivity index (χ1n) is 5.09. The van der Waals surface area contributed by atoms with E-state index in [0.717, 1.165) is 17.1 Å². The Labute approximate surface area is 94.7 Å². The molecule has 0 spiro atoms. The van der Waals surface area contributed by atoms with E-state index in [1.807, 2.05) is 42.1 Å². The average Bonchev–Trinajstić information content (AvgIpc) is 2.75. The summed E-state index contributed by atoms with van der Waals surface area (Å²) in [7, 11) is 3.58. The number of hydrogen-bond acceptors (Lipinski definition) is 3. The maximum absolute atomic E-state index is 6.13. The van der Waals surface area contributed by atoms with Crippen LogP contribution in [0.1, 0.15) is 17.4 Å². The third-order valence-electron chi connectivity index (χ3n) is 2.61. The molecule has 1 unspecified atom stereocenters. The predicted octanol–water partition coefficient (Wildman–Crippen LogP) is 1.48. The number of methoxy groups -OCH3 is 1. The molecule has 1 atom stereocenters. The van der Waals surface area contributed by atoms with Crippen molar-refractivity contribution >= 4 is 0 Å². The van der Waals surface area contributed by atoms with Gasteiger partial charge in [0.25, 0.3) is 0 Å². The number of imidazole rings is 1. The molecule has 0 saturated carbocycles. The lowest BCUT2D eigenvalue weighted by Crippen LogP contribution is -2.16. The summed E-state index contributed by atoms with van der Waals surface area (Å²) in [4.78, 5) is 4.24. The number of hydrogen-bond donors (Lipinski definition) is 1. The van der Waals surface area contributed by atoms with Crippen LogP contribution in [0.25, 0.3) is 0 Å². The summed E-state index contributed by atoms with van der Waals surface area (Å²) in [6.45, 7) is 0. The molecular weight excluding hydrogens is 202 g/mol. The van der Waals surface area contributed by atoms with Crippen LogP contribution in [0.2, 0.25) is 0 Å². The predicted molar refractivity (Wildman–Crippen MR) is 62.2 cm³/mol. The van der Waals surface area contributed by atoms with E-state index in [1.165, 1.54) is 0 Å². The molecule has 16 heavy (non-hydrogen) atoms. The molecule has 1 aromatic heterocycles. The smallest absolute Gasteiger partial charge is 0.129 e. The third kappa shape index (κ3) is 1.92. The van der Waals surface area contributed by atoms with Crippen molar-refractivity contribution in [1.29, 1.82) is 0 Å². The molecule has 0 amide bonds.